The molecule has 10 aliphatic rings. The third-order valence-electron chi connectivity index (χ3n) is 21.9. The maximum absolute atomic E-state index is 13.2. The maximum Gasteiger partial charge on any atom is 0.417 e. The zero-order chi connectivity index (χ0) is 98.2. The van der Waals surface area contributed by atoms with Gasteiger partial charge in [0.2, 0.25) is 0 Å². The fourth-order valence-electron chi connectivity index (χ4n) is 16.3. The van der Waals surface area contributed by atoms with E-state index in [1.54, 1.807) is 105 Å². The van der Waals surface area contributed by atoms with Crippen molar-refractivity contribution in [3.8, 4) is 0 Å². The Balaban J connectivity index is 0.000000375. The fraction of sp³-hybridized carbons (Fsp3) is 0.813. The Morgan fingerprint density at radius 2 is 0.843 bits per heavy atom. The largest absolute Gasteiger partial charge is 0.480 e. The number of ether oxygens (including phenoxy) is 7. The number of piperidine rings is 1. The molecule has 10 rings (SSSR count). The molecule has 7 aliphatic heterocycles. The number of carboxylic acids is 1. The second kappa shape index (κ2) is 46.1. The van der Waals surface area contributed by atoms with Crippen LogP contribution in [0.25, 0.3) is 0 Å². The van der Waals surface area contributed by atoms with Gasteiger partial charge in [-0.3, -0.25) is 72.6 Å². The summed E-state index contributed by atoms with van der Waals surface area (Å²) >= 11 is 7.45. The van der Waals surface area contributed by atoms with Crippen molar-refractivity contribution < 1.29 is 129 Å². The lowest BCUT2D eigenvalue weighted by atomic mass is 9.88. The molecule has 0 spiro atoms. The number of alkyl halides is 3. The highest BCUT2D eigenvalue weighted by atomic mass is 35.5. The smallest absolute Gasteiger partial charge is 0.417 e. The first-order chi connectivity index (χ1) is 57.7. The lowest BCUT2D eigenvalue weighted by Gasteiger charge is -2.32. The number of hydrogen-bond acceptors (Lipinski definition) is 25. The van der Waals surface area contributed by atoms with Crippen LogP contribution in [0.4, 0.5) is 42.3 Å². The number of carbonyl (C=O) groups is 17. The van der Waals surface area contributed by atoms with Crippen LogP contribution in [0.2, 0.25) is 0 Å². The molecule has 0 bridgehead atoms. The quantitative estimate of drug-likeness (QED) is 0.157. The topological polar surface area (TPSA) is 398 Å². The number of carboxylic acid groups (broad SMARTS) is 1. The van der Waals surface area contributed by atoms with E-state index in [2.05, 4.69) is 0 Å². The Morgan fingerprint density at radius 3 is 1.26 bits per heavy atom. The van der Waals surface area contributed by atoms with E-state index in [9.17, 15) is 90.3 Å². The summed E-state index contributed by atoms with van der Waals surface area (Å²) in [7, 11) is 0. The second-order valence-electron chi connectivity index (χ2n) is 41.5. The zero-order valence-electron chi connectivity index (χ0n) is 81.1. The van der Waals surface area contributed by atoms with Gasteiger partial charge in [0.25, 0.3) is 5.91 Å². The van der Waals surface area contributed by atoms with Crippen LogP contribution in [-0.2, 0) is 81.1 Å². The highest BCUT2D eigenvalue weighted by Crippen LogP contribution is 2.50. The van der Waals surface area contributed by atoms with Gasteiger partial charge >= 0.3 is 48.6 Å². The number of nitrogens with zero attached hydrogens (tertiary/aromatic N) is 7. The molecular formula is C91H148ClF2N7O25S. The van der Waals surface area contributed by atoms with Crippen molar-refractivity contribution in [2.75, 3.05) is 45.0 Å². The van der Waals surface area contributed by atoms with Gasteiger partial charge in [-0.2, -0.15) is 0 Å². The number of rotatable bonds is 10. The van der Waals surface area contributed by atoms with E-state index in [0.29, 0.717) is 93.5 Å². The average molecular weight is 1850 g/mol. The Hall–Kier alpha value is -8.11. The van der Waals surface area contributed by atoms with E-state index in [1.165, 1.54) is 67.5 Å². The molecule has 3 aliphatic carbocycles. The molecule has 17 atom stereocenters. The number of carbonyl (C=O) groups excluding carboxylic acids is 16. The van der Waals surface area contributed by atoms with Crippen molar-refractivity contribution in [1.82, 2.24) is 34.3 Å². The lowest BCUT2D eigenvalue weighted by Crippen LogP contribution is -2.52. The monoisotopic (exact) mass is 1840 g/mol. The van der Waals surface area contributed by atoms with Gasteiger partial charge in [-0.15, -0.1) is 23.4 Å². The number of Topliss-reactive ketones (excluding diaryl/α,β-unsaturated/α-hetero) is 8. The van der Waals surface area contributed by atoms with Gasteiger partial charge in [0.05, 0.1) is 29.5 Å². The summed E-state index contributed by atoms with van der Waals surface area (Å²) < 4.78 is 62.8. The SMILES string of the molecule is CC(=O)C1C(C)CCN1C(=O)OC(C)(C)C.CC(=O)C1C2CC2CN1C(=O)OC(C)(C)C.CC(=O)C1C2CCCC2CN1C(=O)OC(C)(C)C.CC(=O)C1CC(Cl)CN1C(=O)OC(C)(C)C.CC(=O)C1CC(F)C(=O)N1C(=O)OC(C)(C)C.CC(=O)C1SCCN1C(=O)OC(C)(C)C.CC(C)(C)OC(=O)N1CCCC1(C)C(=O)O.CCC(=O)C1CC(F)CC1C(C)=O. The fourth-order valence-corrected chi connectivity index (χ4v) is 17.8. The van der Waals surface area contributed by atoms with Crippen LogP contribution in [0.15, 0.2) is 0 Å². The Kier molecular flexibility index (Phi) is 41.1. The molecule has 7 saturated heterocycles. The first kappa shape index (κ1) is 113. The summed E-state index contributed by atoms with van der Waals surface area (Å²) in [6, 6.07) is -2.29. The first-order valence-electron chi connectivity index (χ1n) is 44.1. The van der Waals surface area contributed by atoms with E-state index >= 15 is 0 Å². The third kappa shape index (κ3) is 35.6. The van der Waals surface area contributed by atoms with Crippen LogP contribution in [-0.4, -0.2) is 283 Å². The lowest BCUT2D eigenvalue weighted by molar-refractivity contribution is -0.148. The minimum atomic E-state index is -1.81. The minimum absolute atomic E-state index is 0.00311. The van der Waals surface area contributed by atoms with E-state index in [1.807, 2.05) is 90.0 Å². The van der Waals surface area contributed by atoms with Crippen molar-refractivity contribution in [3.05, 3.63) is 0 Å². The number of fused-ring (bicyclic) bond motifs is 2. The number of ketones is 8. The van der Waals surface area contributed by atoms with Crippen LogP contribution < -0.4 is 0 Å². The number of amides is 8. The summed E-state index contributed by atoms with van der Waals surface area (Å²) in [5.74, 6) is -0.173. The molecule has 36 heteroatoms. The first-order valence-corrected chi connectivity index (χ1v) is 45.5. The van der Waals surface area contributed by atoms with E-state index < -0.39 is 111 Å². The molecular weight excluding hydrogens is 1700 g/mol. The van der Waals surface area contributed by atoms with Crippen molar-refractivity contribution in [3.63, 3.8) is 0 Å². The van der Waals surface area contributed by atoms with Crippen molar-refractivity contribution in [2.24, 2.45) is 41.4 Å². The molecule has 0 aromatic heterocycles. The predicted molar refractivity (Wildman–Crippen MR) is 472 cm³/mol. The molecule has 127 heavy (non-hydrogen) atoms. The van der Waals surface area contributed by atoms with Gasteiger partial charge in [0.15, 0.2) is 40.9 Å². The Morgan fingerprint density at radius 1 is 0.433 bits per heavy atom. The third-order valence-corrected chi connectivity index (χ3v) is 23.5. The second-order valence-corrected chi connectivity index (χ2v) is 43.3. The number of halogens is 3. The predicted octanol–water partition coefficient (Wildman–Crippen LogP) is 16.0. The maximum atomic E-state index is 13.2. The van der Waals surface area contributed by atoms with Gasteiger partial charge in [-0.1, -0.05) is 20.3 Å². The molecule has 3 saturated carbocycles. The van der Waals surface area contributed by atoms with Crippen LogP contribution in [0.1, 0.15) is 292 Å². The van der Waals surface area contributed by atoms with Crippen molar-refractivity contribution in [2.45, 2.75) is 390 Å². The summed E-state index contributed by atoms with van der Waals surface area (Å²) in [4.78, 5) is 206. The molecule has 10 fully saturated rings. The van der Waals surface area contributed by atoms with Gasteiger partial charge in [-0.05, 0) is 288 Å². The van der Waals surface area contributed by atoms with Gasteiger partial charge in [-0.25, -0.2) is 52.0 Å². The van der Waals surface area contributed by atoms with Crippen LogP contribution in [0.5, 0.6) is 0 Å². The standard InChI is InChI=1S/C14H23NO3.C12H19NO3.C12H21NO3.C11H18ClNO3.C11H16FNO4.C11H19NO4.C10H15FO2.C10H17NO3S/c1-9(16)12-11-7-5-6-10(11)8-15(12)13(17)18-14(2,3)4;1-7(14)10-9-5-8(9)6-13(10)11(15)16-12(2,3)4;1-8-6-7-13(10(8)9(2)14)11(15)16-12(3,4)5;1-7(14)9-5-8(12)6-13(9)10(15)16-11(2,3)4;1-6(14)8-5-7(12)9(15)13(8)10(16)17-11(2,3)4;1-10(2,3)16-9(15)12-7-5-6-11(12,4)8(13)14;1-3-10(13)9-5-7(11)4-8(9)6(2)12;1-7(12)8-11(5-6-15-8)9(13)14-10(2,3)4/h10-12H,5-8H2,1-4H3;8-10H,5-6H2,1-4H3;8,10H,6-7H2,1-5H3;8-9H,5-6H2,1-4H3;7-8H,5H2,1-4H3;5-7H2,1-4H3,(H,13,14);7-9H,3-5H2,1-2H3;8H,5-6H2,1-4H3. The number of hydrogen-bond donors (Lipinski definition) is 1. The normalized spacial score (nSPS) is 27.5. The molecule has 7 heterocycles. The Bertz CT molecular complexity index is 3840. The van der Waals surface area contributed by atoms with E-state index in [4.69, 9.17) is 49.9 Å². The Labute approximate surface area is 759 Å². The molecule has 1 N–H and O–H groups in total. The minimum Gasteiger partial charge on any atom is -0.480 e. The molecule has 724 valence electrons. The molecule has 8 amide bonds. The molecule has 0 aromatic carbocycles. The zero-order valence-corrected chi connectivity index (χ0v) is 82.7. The molecule has 0 aromatic rings. The molecule has 32 nitrogen and oxygen atoms in total. The highest BCUT2D eigenvalue weighted by Gasteiger charge is 2.57. The number of thioether (sulfide) groups is 1. The number of imide groups is 1. The molecule has 17 unspecified atom stereocenters. The van der Waals surface area contributed by atoms with Gasteiger partial charge in [0.1, 0.15) is 73.9 Å². The van der Waals surface area contributed by atoms with E-state index in [-0.39, 0.29) is 125 Å². The van der Waals surface area contributed by atoms with Crippen molar-refractivity contribution in [1.29, 1.82) is 0 Å². The number of likely N-dealkylation sites (tertiary alicyclic amines) is 6. The van der Waals surface area contributed by atoms with Gasteiger partial charge < -0.3 is 38.3 Å². The van der Waals surface area contributed by atoms with Crippen LogP contribution in [0.3, 0.4) is 0 Å². The average Bonchev–Trinajstić information content (AvgIpc) is 1.59. The van der Waals surface area contributed by atoms with Crippen LogP contribution in [0, 0.1) is 41.4 Å². The van der Waals surface area contributed by atoms with Gasteiger partial charge in [0, 0.05) is 69.7 Å². The summed E-state index contributed by atoms with van der Waals surface area (Å²) in [6.45, 7) is 56.5. The van der Waals surface area contributed by atoms with Crippen LogP contribution >= 0.6 is 23.4 Å². The summed E-state index contributed by atoms with van der Waals surface area (Å²) in [5, 5.41) is 8.61. The number of aliphatic carboxylic acids is 1. The van der Waals surface area contributed by atoms with Crippen molar-refractivity contribution >= 4 is 124 Å². The summed E-state index contributed by atoms with van der Waals surface area (Å²) in [5.41, 5.74) is -5.09. The highest BCUT2D eigenvalue weighted by molar-refractivity contribution is 8.00. The van der Waals surface area contributed by atoms with E-state index in [0.717, 1.165) is 31.4 Å². The molecule has 0 radical (unpaired) electrons. The summed E-state index contributed by atoms with van der Waals surface area (Å²) in [6.07, 6.45) is 1.41.